The Kier molecular flexibility index (Phi) is 5.09. The Morgan fingerprint density at radius 1 is 1.19 bits per heavy atom. The minimum absolute atomic E-state index is 0.00587. The third-order valence-corrected chi connectivity index (χ3v) is 3.92. The number of hydrogen-bond donors (Lipinski definition) is 1. The third-order valence-electron chi connectivity index (χ3n) is 3.64. The first-order valence-electron chi connectivity index (χ1n) is 7.66. The number of nitrogens with zero attached hydrogens (tertiary/aromatic N) is 2. The number of carbonyl (C=O) groups excluding carboxylic acids is 2. The maximum absolute atomic E-state index is 13.1. The van der Waals surface area contributed by atoms with E-state index in [1.807, 2.05) is 0 Å². The lowest BCUT2D eigenvalue weighted by Gasteiger charge is -2.06. The molecule has 6 nitrogen and oxygen atoms in total. The van der Waals surface area contributed by atoms with Crippen LogP contribution in [0.2, 0.25) is 5.02 Å². The van der Waals surface area contributed by atoms with Gasteiger partial charge in [0, 0.05) is 18.7 Å². The van der Waals surface area contributed by atoms with Gasteiger partial charge in [-0.1, -0.05) is 23.7 Å². The molecule has 1 N–H and O–H groups in total. The Bertz CT molecular complexity index is 1060. The first-order valence-corrected chi connectivity index (χ1v) is 8.04. The zero-order chi connectivity index (χ0) is 18.7. The van der Waals surface area contributed by atoms with E-state index in [1.54, 1.807) is 24.4 Å². The molecule has 2 heterocycles. The van der Waals surface area contributed by atoms with Crippen LogP contribution in [0.5, 0.6) is 0 Å². The SMILES string of the molecule is O=C(CNC(=O)c1cc(=O)n2ccccc2n1)Cc1ccc(F)c(Cl)c1. The second-order valence-corrected chi connectivity index (χ2v) is 5.96. The molecule has 26 heavy (non-hydrogen) atoms. The molecule has 0 saturated carbocycles. The summed E-state index contributed by atoms with van der Waals surface area (Å²) in [7, 11) is 0. The third kappa shape index (κ3) is 3.94. The molecule has 0 aliphatic carbocycles. The second-order valence-electron chi connectivity index (χ2n) is 5.56. The van der Waals surface area contributed by atoms with Gasteiger partial charge >= 0.3 is 0 Å². The highest BCUT2D eigenvalue weighted by atomic mass is 35.5. The standard InChI is InChI=1S/C18H13ClFN3O3/c19-13-8-11(4-5-14(13)20)7-12(24)10-21-18(26)15-9-17(25)23-6-2-1-3-16(23)22-15/h1-6,8-9H,7,10H2,(H,21,26). The molecule has 2 aromatic heterocycles. The van der Waals surface area contributed by atoms with Crippen molar-refractivity contribution in [1.82, 2.24) is 14.7 Å². The summed E-state index contributed by atoms with van der Waals surface area (Å²) in [6.45, 7) is -0.246. The normalized spacial score (nSPS) is 10.7. The van der Waals surface area contributed by atoms with Gasteiger partial charge in [-0.05, 0) is 29.8 Å². The topological polar surface area (TPSA) is 80.5 Å². The Hall–Kier alpha value is -3.06. The number of Topliss-reactive ketones (excluding diaryl/α,β-unsaturated/α-hetero) is 1. The quantitative estimate of drug-likeness (QED) is 0.742. The number of benzene rings is 1. The van der Waals surface area contributed by atoms with Crippen molar-refractivity contribution in [2.75, 3.05) is 6.54 Å². The Morgan fingerprint density at radius 2 is 2.00 bits per heavy atom. The highest BCUT2D eigenvalue weighted by Gasteiger charge is 2.13. The Morgan fingerprint density at radius 3 is 2.77 bits per heavy atom. The van der Waals surface area contributed by atoms with E-state index in [-0.39, 0.29) is 29.5 Å². The van der Waals surface area contributed by atoms with Crippen molar-refractivity contribution in [3.8, 4) is 0 Å². The lowest BCUT2D eigenvalue weighted by molar-refractivity contribution is -0.117. The molecule has 0 fully saturated rings. The van der Waals surface area contributed by atoms with Gasteiger partial charge in [0.1, 0.15) is 17.2 Å². The van der Waals surface area contributed by atoms with Gasteiger partial charge in [-0.25, -0.2) is 9.37 Å². The lowest BCUT2D eigenvalue weighted by atomic mass is 10.1. The summed E-state index contributed by atoms with van der Waals surface area (Å²) in [6, 6.07) is 10.1. The van der Waals surface area contributed by atoms with Gasteiger partial charge < -0.3 is 5.32 Å². The first-order chi connectivity index (χ1) is 12.4. The molecule has 0 spiro atoms. The van der Waals surface area contributed by atoms with E-state index in [9.17, 15) is 18.8 Å². The molecule has 0 unspecified atom stereocenters. The second kappa shape index (κ2) is 7.45. The van der Waals surface area contributed by atoms with Crippen molar-refractivity contribution in [1.29, 1.82) is 0 Å². The van der Waals surface area contributed by atoms with Gasteiger partial charge in [0.25, 0.3) is 11.5 Å². The highest BCUT2D eigenvalue weighted by Crippen LogP contribution is 2.16. The molecule has 0 radical (unpaired) electrons. The van der Waals surface area contributed by atoms with E-state index >= 15 is 0 Å². The van der Waals surface area contributed by atoms with Crippen LogP contribution in [0.25, 0.3) is 5.65 Å². The fourth-order valence-electron chi connectivity index (χ4n) is 2.38. The van der Waals surface area contributed by atoms with Crippen molar-refractivity contribution in [2.45, 2.75) is 6.42 Å². The number of aromatic nitrogens is 2. The first kappa shape index (κ1) is 17.8. The number of fused-ring (bicyclic) bond motifs is 1. The maximum Gasteiger partial charge on any atom is 0.270 e. The molecule has 0 aliphatic heterocycles. The van der Waals surface area contributed by atoms with Gasteiger partial charge in [-0.3, -0.25) is 18.8 Å². The summed E-state index contributed by atoms with van der Waals surface area (Å²) in [4.78, 5) is 40.2. The largest absolute Gasteiger partial charge is 0.344 e. The van der Waals surface area contributed by atoms with Crippen LogP contribution < -0.4 is 10.9 Å². The van der Waals surface area contributed by atoms with E-state index in [4.69, 9.17) is 11.6 Å². The number of nitrogens with one attached hydrogen (secondary N) is 1. The molecule has 0 bridgehead atoms. The van der Waals surface area contributed by atoms with Gasteiger partial charge in [0.15, 0.2) is 5.78 Å². The van der Waals surface area contributed by atoms with Gasteiger partial charge in [0.2, 0.25) is 0 Å². The maximum atomic E-state index is 13.1. The predicted octanol–water partition coefficient (Wildman–Crippen LogP) is 2.03. The zero-order valence-electron chi connectivity index (χ0n) is 13.4. The summed E-state index contributed by atoms with van der Waals surface area (Å²) in [5.41, 5.74) is 0.405. The summed E-state index contributed by atoms with van der Waals surface area (Å²) in [6.07, 6.45) is 1.54. The monoisotopic (exact) mass is 373 g/mol. The summed E-state index contributed by atoms with van der Waals surface area (Å²) < 4.78 is 14.4. The number of hydrogen-bond acceptors (Lipinski definition) is 4. The molecule has 132 valence electrons. The molecule has 0 saturated heterocycles. The molecule has 1 amide bonds. The van der Waals surface area contributed by atoms with Crippen LogP contribution in [0.3, 0.4) is 0 Å². The minimum atomic E-state index is -0.626. The molecular weight excluding hydrogens is 361 g/mol. The average Bonchev–Trinajstić information content (AvgIpc) is 2.63. The molecule has 3 aromatic rings. The molecule has 3 rings (SSSR count). The smallest absolute Gasteiger partial charge is 0.270 e. The van der Waals surface area contributed by atoms with E-state index in [2.05, 4.69) is 10.3 Å². The summed E-state index contributed by atoms with van der Waals surface area (Å²) in [5, 5.41) is 2.36. The van der Waals surface area contributed by atoms with Crippen molar-refractivity contribution in [3.63, 3.8) is 0 Å². The highest BCUT2D eigenvalue weighted by molar-refractivity contribution is 6.30. The van der Waals surface area contributed by atoms with Crippen LogP contribution >= 0.6 is 11.6 Å². The number of pyridine rings is 1. The van der Waals surface area contributed by atoms with Crippen molar-refractivity contribution in [2.24, 2.45) is 0 Å². The van der Waals surface area contributed by atoms with Crippen LogP contribution in [0.15, 0.2) is 53.5 Å². The van der Waals surface area contributed by atoms with Crippen molar-refractivity contribution < 1.29 is 14.0 Å². The minimum Gasteiger partial charge on any atom is -0.344 e. The average molecular weight is 374 g/mol. The van der Waals surface area contributed by atoms with Crippen molar-refractivity contribution >= 4 is 28.9 Å². The fourth-order valence-corrected chi connectivity index (χ4v) is 2.58. The van der Waals surface area contributed by atoms with Crippen LogP contribution in [-0.4, -0.2) is 27.6 Å². The van der Waals surface area contributed by atoms with Crippen LogP contribution in [0.1, 0.15) is 16.1 Å². The van der Waals surface area contributed by atoms with Gasteiger partial charge in [0.05, 0.1) is 11.6 Å². The zero-order valence-corrected chi connectivity index (χ0v) is 14.2. The molecule has 0 atom stereocenters. The van der Waals surface area contributed by atoms with Crippen molar-refractivity contribution in [3.05, 3.63) is 81.1 Å². The van der Waals surface area contributed by atoms with E-state index < -0.39 is 17.3 Å². The van der Waals surface area contributed by atoms with Gasteiger partial charge in [-0.15, -0.1) is 0 Å². The number of ketones is 1. The van der Waals surface area contributed by atoms with E-state index in [0.717, 1.165) is 6.07 Å². The van der Waals surface area contributed by atoms with E-state index in [0.29, 0.717) is 11.2 Å². The Balaban J connectivity index is 1.65. The van der Waals surface area contributed by atoms with Crippen LogP contribution in [-0.2, 0) is 11.2 Å². The van der Waals surface area contributed by atoms with Gasteiger partial charge in [-0.2, -0.15) is 0 Å². The molecule has 1 aromatic carbocycles. The van der Waals surface area contributed by atoms with E-state index in [1.165, 1.54) is 22.6 Å². The van der Waals surface area contributed by atoms with Crippen LogP contribution in [0.4, 0.5) is 4.39 Å². The number of amides is 1. The lowest BCUT2D eigenvalue weighted by Crippen LogP contribution is -2.32. The fraction of sp³-hybridized carbons (Fsp3) is 0.111. The number of carbonyl (C=O) groups is 2. The van der Waals surface area contributed by atoms with Crippen LogP contribution in [0, 0.1) is 5.82 Å². The summed E-state index contributed by atoms with van der Waals surface area (Å²) >= 11 is 5.67. The predicted molar refractivity (Wildman–Crippen MR) is 93.9 cm³/mol. The summed E-state index contributed by atoms with van der Waals surface area (Å²) in [5.74, 6) is -1.48. The molecule has 8 heteroatoms. The Labute approximate surface area is 152 Å². The number of rotatable bonds is 5. The molecule has 0 aliphatic rings. The number of halogens is 2. The molecular formula is C18H13ClFN3O3.